The molecule has 0 aliphatic rings. The molecule has 6 nitrogen and oxygen atoms in total. The lowest BCUT2D eigenvalue weighted by molar-refractivity contribution is -0.143. The van der Waals surface area contributed by atoms with Crippen molar-refractivity contribution in [1.82, 2.24) is 5.32 Å². The summed E-state index contributed by atoms with van der Waals surface area (Å²) in [5.41, 5.74) is 0. The summed E-state index contributed by atoms with van der Waals surface area (Å²) >= 11 is 0. The molecule has 0 saturated carbocycles. The first-order valence-corrected chi connectivity index (χ1v) is 40.4. The van der Waals surface area contributed by atoms with Crippen LogP contribution in [-0.2, 0) is 14.3 Å². The molecule has 2 atom stereocenters. The molecule has 0 aromatic heterocycles. The van der Waals surface area contributed by atoms with E-state index >= 15 is 0 Å². The third kappa shape index (κ3) is 74.7. The third-order valence-electron chi connectivity index (χ3n) is 18.8. The lowest BCUT2D eigenvalue weighted by atomic mass is 10.0. The van der Waals surface area contributed by atoms with Crippen LogP contribution < -0.4 is 5.32 Å². The maximum Gasteiger partial charge on any atom is 0.305 e. The second-order valence-electron chi connectivity index (χ2n) is 27.7. The van der Waals surface area contributed by atoms with E-state index in [1.54, 1.807) is 6.08 Å². The van der Waals surface area contributed by atoms with Crippen LogP contribution in [0.5, 0.6) is 0 Å². The maximum absolute atomic E-state index is 12.6. The van der Waals surface area contributed by atoms with Crippen molar-refractivity contribution in [1.29, 1.82) is 0 Å². The summed E-state index contributed by atoms with van der Waals surface area (Å²) in [4.78, 5) is 24.7. The summed E-state index contributed by atoms with van der Waals surface area (Å²) in [6.45, 7) is 4.93. The number of amides is 1. The van der Waals surface area contributed by atoms with Gasteiger partial charge in [-0.15, -0.1) is 0 Å². The van der Waals surface area contributed by atoms with Crippen molar-refractivity contribution in [2.75, 3.05) is 13.2 Å². The third-order valence-corrected chi connectivity index (χ3v) is 18.8. The Bertz CT molecular complexity index is 1490. The SMILES string of the molecule is CCCCCC/C=C\C/C=C\CCCCCCCC(=O)OCCCCCCCCCCCCCC/C=C\CCCCCCCCCCCCCCCCCC(=O)NC(CO)C(O)/C=C/CCCCCCCCCCCCCCCCCCCCCCCCC. The summed E-state index contributed by atoms with van der Waals surface area (Å²) in [5.74, 6) is -0.0567. The van der Waals surface area contributed by atoms with Crippen molar-refractivity contribution >= 4 is 11.9 Å². The molecule has 6 heteroatoms. The second kappa shape index (κ2) is 78.3. The molecule has 0 saturated heterocycles. The molecule has 0 radical (unpaired) electrons. The Balaban J connectivity index is 3.39. The number of unbranched alkanes of at least 4 members (excludes halogenated alkanes) is 59. The smallest absolute Gasteiger partial charge is 0.305 e. The molecular formula is C83H157NO5. The molecule has 89 heavy (non-hydrogen) atoms. The van der Waals surface area contributed by atoms with Crippen molar-refractivity contribution in [2.24, 2.45) is 0 Å². The zero-order valence-corrected chi connectivity index (χ0v) is 60.2. The number of aliphatic hydroxyl groups is 2. The molecule has 0 spiro atoms. The first-order chi connectivity index (χ1) is 44.0. The standard InChI is InChI=1S/C83H157NO5/c1-3-5-7-9-11-13-15-17-19-21-22-23-24-32-35-38-41-44-47-51-55-59-63-67-71-75-81(86)80(79-85)84-82(87)76-72-68-64-60-56-52-48-45-42-39-36-33-30-28-26-25-27-29-31-34-37-40-43-46-50-54-58-62-66-70-74-78-89-83(88)77-73-69-65-61-57-53-49-20-18-16-14-12-10-8-6-4-2/h14,16,20,27,29,49,71,75,80-81,85-86H,3-13,15,17-19,21-26,28,30-48,50-70,72-74,76-79H2,1-2H3,(H,84,87)/b16-14-,29-27-,49-20-,75-71+. The number of aliphatic hydroxyl groups excluding tert-OH is 2. The van der Waals surface area contributed by atoms with Crippen LogP contribution in [0.3, 0.4) is 0 Å². The molecule has 3 N–H and O–H groups in total. The topological polar surface area (TPSA) is 95.9 Å². The molecule has 0 aliphatic carbocycles. The van der Waals surface area contributed by atoms with E-state index < -0.39 is 12.1 Å². The fourth-order valence-corrected chi connectivity index (χ4v) is 12.7. The highest BCUT2D eigenvalue weighted by Crippen LogP contribution is 2.19. The van der Waals surface area contributed by atoms with Crippen molar-refractivity contribution in [3.63, 3.8) is 0 Å². The molecule has 0 aromatic carbocycles. The van der Waals surface area contributed by atoms with Gasteiger partial charge in [0.1, 0.15) is 0 Å². The van der Waals surface area contributed by atoms with E-state index in [1.165, 1.54) is 366 Å². The predicted molar refractivity (Wildman–Crippen MR) is 393 cm³/mol. The van der Waals surface area contributed by atoms with Crippen LogP contribution in [0.4, 0.5) is 0 Å². The van der Waals surface area contributed by atoms with Crippen molar-refractivity contribution in [3.8, 4) is 0 Å². The lowest BCUT2D eigenvalue weighted by Crippen LogP contribution is -2.45. The van der Waals surface area contributed by atoms with Crippen LogP contribution in [0, 0.1) is 0 Å². The van der Waals surface area contributed by atoms with Crippen LogP contribution in [-0.4, -0.2) is 47.4 Å². The van der Waals surface area contributed by atoms with E-state index in [2.05, 4.69) is 55.6 Å². The zero-order chi connectivity index (χ0) is 64.2. The predicted octanol–water partition coefficient (Wildman–Crippen LogP) is 26.8. The van der Waals surface area contributed by atoms with Gasteiger partial charge in [-0.05, 0) is 89.9 Å². The molecule has 0 fully saturated rings. The van der Waals surface area contributed by atoms with E-state index in [0.717, 1.165) is 51.4 Å². The van der Waals surface area contributed by atoms with Crippen molar-refractivity contribution in [3.05, 3.63) is 48.6 Å². The van der Waals surface area contributed by atoms with E-state index in [0.29, 0.717) is 19.4 Å². The van der Waals surface area contributed by atoms with E-state index in [-0.39, 0.29) is 18.5 Å². The van der Waals surface area contributed by atoms with Crippen LogP contribution >= 0.6 is 0 Å². The van der Waals surface area contributed by atoms with E-state index in [1.807, 2.05) is 6.08 Å². The van der Waals surface area contributed by atoms with Gasteiger partial charge in [0.05, 0.1) is 25.4 Å². The number of esters is 1. The molecule has 0 heterocycles. The largest absolute Gasteiger partial charge is 0.466 e. The zero-order valence-electron chi connectivity index (χ0n) is 60.2. The highest BCUT2D eigenvalue weighted by atomic mass is 16.5. The fraction of sp³-hybridized carbons (Fsp3) is 0.880. The number of nitrogens with one attached hydrogen (secondary N) is 1. The summed E-state index contributed by atoms with van der Waals surface area (Å²) in [6, 6.07) is -0.629. The van der Waals surface area contributed by atoms with Gasteiger partial charge in [0.25, 0.3) is 0 Å². The van der Waals surface area contributed by atoms with Gasteiger partial charge in [0.15, 0.2) is 0 Å². The normalized spacial score (nSPS) is 12.7. The minimum Gasteiger partial charge on any atom is -0.466 e. The first kappa shape index (κ1) is 86.8. The van der Waals surface area contributed by atoms with E-state index in [4.69, 9.17) is 4.74 Å². The van der Waals surface area contributed by atoms with Gasteiger partial charge in [0, 0.05) is 12.8 Å². The number of hydrogen-bond acceptors (Lipinski definition) is 5. The number of ether oxygens (including phenoxy) is 1. The van der Waals surface area contributed by atoms with Crippen LogP contribution in [0.1, 0.15) is 444 Å². The highest BCUT2D eigenvalue weighted by Gasteiger charge is 2.18. The lowest BCUT2D eigenvalue weighted by Gasteiger charge is -2.20. The highest BCUT2D eigenvalue weighted by molar-refractivity contribution is 5.76. The molecule has 0 bridgehead atoms. The monoisotopic (exact) mass is 1250 g/mol. The molecule has 2 unspecified atom stereocenters. The number of allylic oxidation sites excluding steroid dienone is 7. The summed E-state index contributed by atoms with van der Waals surface area (Å²) in [6.07, 6.45) is 104. The summed E-state index contributed by atoms with van der Waals surface area (Å²) in [7, 11) is 0. The van der Waals surface area contributed by atoms with Crippen molar-refractivity contribution in [2.45, 2.75) is 456 Å². The number of carbonyl (C=O) groups excluding carboxylic acids is 2. The Labute approximate surface area is 556 Å². The Kier molecular flexibility index (Phi) is 76.3. The summed E-state index contributed by atoms with van der Waals surface area (Å²) < 4.78 is 5.50. The average molecular weight is 1250 g/mol. The average Bonchev–Trinajstić information content (AvgIpc) is 3.64. The minimum absolute atomic E-state index is 0.00444. The van der Waals surface area contributed by atoms with Gasteiger partial charge in [-0.2, -0.15) is 0 Å². The molecule has 0 rings (SSSR count). The van der Waals surface area contributed by atoms with Gasteiger partial charge >= 0.3 is 5.97 Å². The molecule has 0 aliphatic heterocycles. The van der Waals surface area contributed by atoms with Crippen molar-refractivity contribution < 1.29 is 24.5 Å². The Morgan fingerprint density at radius 2 is 0.562 bits per heavy atom. The van der Waals surface area contributed by atoms with E-state index in [9.17, 15) is 19.8 Å². The molecule has 1 amide bonds. The molecule has 0 aromatic rings. The van der Waals surface area contributed by atoms with Gasteiger partial charge in [-0.3, -0.25) is 9.59 Å². The Hall–Kier alpha value is -2.18. The first-order valence-electron chi connectivity index (χ1n) is 40.4. The van der Waals surface area contributed by atoms with Gasteiger partial charge in [0.2, 0.25) is 5.91 Å². The number of rotatable bonds is 76. The number of hydrogen-bond donors (Lipinski definition) is 3. The maximum atomic E-state index is 12.6. The Morgan fingerprint density at radius 3 is 0.876 bits per heavy atom. The minimum atomic E-state index is -0.845. The van der Waals surface area contributed by atoms with Crippen LogP contribution in [0.2, 0.25) is 0 Å². The fourth-order valence-electron chi connectivity index (χ4n) is 12.7. The quantitative estimate of drug-likeness (QED) is 0.0320. The second-order valence-corrected chi connectivity index (χ2v) is 27.7. The van der Waals surface area contributed by atoms with Gasteiger partial charge in [-0.1, -0.05) is 390 Å². The van der Waals surface area contributed by atoms with Gasteiger partial charge in [-0.25, -0.2) is 0 Å². The molecular weight excluding hydrogens is 1090 g/mol. The van der Waals surface area contributed by atoms with Crippen LogP contribution in [0.15, 0.2) is 48.6 Å². The summed E-state index contributed by atoms with van der Waals surface area (Å²) in [5, 5.41) is 23.3. The van der Waals surface area contributed by atoms with Gasteiger partial charge < -0.3 is 20.3 Å². The number of carbonyl (C=O) groups is 2. The molecule has 524 valence electrons. The Morgan fingerprint density at radius 1 is 0.315 bits per heavy atom. The van der Waals surface area contributed by atoms with Crippen LogP contribution in [0.25, 0.3) is 0 Å².